The summed E-state index contributed by atoms with van der Waals surface area (Å²) in [6, 6.07) is 3.75. The Morgan fingerprint density at radius 3 is 3.05 bits per heavy atom. The van der Waals surface area contributed by atoms with E-state index in [0.717, 1.165) is 30.2 Å². The van der Waals surface area contributed by atoms with Gasteiger partial charge < -0.3 is 14.4 Å². The van der Waals surface area contributed by atoms with Gasteiger partial charge in [-0.3, -0.25) is 4.79 Å². The summed E-state index contributed by atoms with van der Waals surface area (Å²) >= 11 is 1.41. The average molecular weight is 320 g/mol. The van der Waals surface area contributed by atoms with Crippen molar-refractivity contribution in [1.82, 2.24) is 9.88 Å². The molecule has 3 heterocycles. The molecule has 2 aromatic heterocycles. The highest BCUT2D eigenvalue weighted by atomic mass is 32.1. The van der Waals surface area contributed by atoms with E-state index in [9.17, 15) is 9.90 Å². The van der Waals surface area contributed by atoms with Crippen LogP contribution >= 0.6 is 11.3 Å². The van der Waals surface area contributed by atoms with Crippen LogP contribution in [-0.2, 0) is 0 Å². The maximum absolute atomic E-state index is 12.6. The first-order chi connectivity index (χ1) is 10.5. The topological polar surface area (TPSA) is 66.6 Å². The van der Waals surface area contributed by atoms with Crippen molar-refractivity contribution in [3.05, 3.63) is 29.0 Å². The second kappa shape index (κ2) is 6.22. The third-order valence-electron chi connectivity index (χ3n) is 4.10. The van der Waals surface area contributed by atoms with Crippen molar-refractivity contribution in [3.63, 3.8) is 0 Å². The lowest BCUT2D eigenvalue weighted by Crippen LogP contribution is -2.43. The van der Waals surface area contributed by atoms with Crippen LogP contribution in [-0.4, -0.2) is 40.1 Å². The molecule has 6 heteroatoms. The number of likely N-dealkylation sites (tertiary alicyclic amines) is 1. The Bertz CT molecular complexity index is 662. The number of carbonyl (C=O) groups is 1. The minimum atomic E-state index is -0.382. The SMILES string of the molecule is Cc1ccc(-c2nc(C(=O)N3CCCC(C(C)O)C3)cs2)o1. The Kier molecular flexibility index (Phi) is 4.31. The number of aliphatic hydroxyl groups is 1. The smallest absolute Gasteiger partial charge is 0.273 e. The van der Waals surface area contributed by atoms with E-state index in [1.807, 2.05) is 19.1 Å². The molecule has 1 saturated heterocycles. The molecule has 1 N–H and O–H groups in total. The summed E-state index contributed by atoms with van der Waals surface area (Å²) < 4.78 is 5.55. The Labute approximate surface area is 133 Å². The Morgan fingerprint density at radius 2 is 2.36 bits per heavy atom. The molecule has 0 aromatic carbocycles. The van der Waals surface area contributed by atoms with Crippen molar-refractivity contribution in [2.45, 2.75) is 32.8 Å². The number of rotatable bonds is 3. The molecule has 0 bridgehead atoms. The van der Waals surface area contributed by atoms with Crippen molar-refractivity contribution >= 4 is 17.2 Å². The fraction of sp³-hybridized carbons (Fsp3) is 0.500. The van der Waals surface area contributed by atoms with Gasteiger partial charge in [0.25, 0.3) is 5.91 Å². The van der Waals surface area contributed by atoms with Gasteiger partial charge in [-0.1, -0.05) is 0 Å². The predicted molar refractivity (Wildman–Crippen MR) is 84.9 cm³/mol. The molecule has 5 nitrogen and oxygen atoms in total. The van der Waals surface area contributed by atoms with Crippen molar-refractivity contribution in [2.75, 3.05) is 13.1 Å². The van der Waals surface area contributed by atoms with Crippen LogP contribution in [0.25, 0.3) is 10.8 Å². The highest BCUT2D eigenvalue weighted by Gasteiger charge is 2.28. The van der Waals surface area contributed by atoms with Crippen LogP contribution in [0.15, 0.2) is 21.9 Å². The van der Waals surface area contributed by atoms with Gasteiger partial charge in [-0.05, 0) is 38.8 Å². The number of aromatic nitrogens is 1. The highest BCUT2D eigenvalue weighted by molar-refractivity contribution is 7.13. The van der Waals surface area contributed by atoms with Gasteiger partial charge >= 0.3 is 0 Å². The summed E-state index contributed by atoms with van der Waals surface area (Å²) in [5.74, 6) is 1.62. The number of furan rings is 1. The van der Waals surface area contributed by atoms with Crippen LogP contribution < -0.4 is 0 Å². The molecular formula is C16H20N2O3S. The number of aliphatic hydroxyl groups excluding tert-OH is 1. The van der Waals surface area contributed by atoms with Crippen LogP contribution in [0.2, 0.25) is 0 Å². The predicted octanol–water partition coefficient (Wildman–Crippen LogP) is 2.94. The normalized spacial score (nSPS) is 20.1. The number of piperidine rings is 1. The zero-order valence-corrected chi connectivity index (χ0v) is 13.6. The van der Waals surface area contributed by atoms with Crippen LogP contribution in [0.1, 0.15) is 36.0 Å². The highest BCUT2D eigenvalue weighted by Crippen LogP contribution is 2.27. The number of hydrogen-bond donors (Lipinski definition) is 1. The van der Waals surface area contributed by atoms with Gasteiger partial charge in [-0.15, -0.1) is 11.3 Å². The van der Waals surface area contributed by atoms with Gasteiger partial charge in [0.05, 0.1) is 6.10 Å². The van der Waals surface area contributed by atoms with Crippen LogP contribution in [0.4, 0.5) is 0 Å². The molecule has 1 aliphatic rings. The van der Waals surface area contributed by atoms with E-state index in [1.165, 1.54) is 11.3 Å². The first-order valence-electron chi connectivity index (χ1n) is 7.54. The van der Waals surface area contributed by atoms with Gasteiger partial charge in [0, 0.05) is 24.4 Å². The van der Waals surface area contributed by atoms with E-state index in [4.69, 9.17) is 4.42 Å². The lowest BCUT2D eigenvalue weighted by Gasteiger charge is -2.33. The van der Waals surface area contributed by atoms with Crippen molar-refractivity contribution in [1.29, 1.82) is 0 Å². The Hall–Kier alpha value is -1.66. The number of amides is 1. The molecule has 2 unspecified atom stereocenters. The molecule has 0 radical (unpaired) electrons. The van der Waals surface area contributed by atoms with E-state index in [2.05, 4.69) is 4.98 Å². The number of nitrogens with zero attached hydrogens (tertiary/aromatic N) is 2. The van der Waals surface area contributed by atoms with E-state index >= 15 is 0 Å². The largest absolute Gasteiger partial charge is 0.459 e. The first kappa shape index (κ1) is 15.2. The number of thiazole rings is 1. The molecule has 0 spiro atoms. The van der Waals surface area contributed by atoms with E-state index < -0.39 is 0 Å². The second-order valence-corrected chi connectivity index (χ2v) is 6.70. The quantitative estimate of drug-likeness (QED) is 0.944. The summed E-state index contributed by atoms with van der Waals surface area (Å²) in [4.78, 5) is 18.8. The van der Waals surface area contributed by atoms with Crippen molar-refractivity contribution in [2.24, 2.45) is 5.92 Å². The molecule has 1 aliphatic heterocycles. The van der Waals surface area contributed by atoms with E-state index in [-0.39, 0.29) is 17.9 Å². The number of aryl methyl sites for hydroxylation is 1. The molecular weight excluding hydrogens is 300 g/mol. The third kappa shape index (κ3) is 3.08. The summed E-state index contributed by atoms with van der Waals surface area (Å²) in [6.45, 7) is 5.00. The van der Waals surface area contributed by atoms with E-state index in [0.29, 0.717) is 18.0 Å². The van der Waals surface area contributed by atoms with Gasteiger partial charge in [-0.2, -0.15) is 0 Å². The van der Waals surface area contributed by atoms with Gasteiger partial charge in [0.2, 0.25) is 0 Å². The monoisotopic (exact) mass is 320 g/mol. The molecule has 0 saturated carbocycles. The lowest BCUT2D eigenvalue weighted by molar-refractivity contribution is 0.0462. The van der Waals surface area contributed by atoms with E-state index in [1.54, 1.807) is 17.2 Å². The molecule has 3 rings (SSSR count). The molecule has 118 valence electrons. The summed E-state index contributed by atoms with van der Waals surface area (Å²) in [5, 5.41) is 12.2. The zero-order valence-electron chi connectivity index (χ0n) is 12.8. The van der Waals surface area contributed by atoms with Crippen LogP contribution in [0.3, 0.4) is 0 Å². The number of carbonyl (C=O) groups excluding carboxylic acids is 1. The summed E-state index contributed by atoms with van der Waals surface area (Å²) in [7, 11) is 0. The zero-order chi connectivity index (χ0) is 15.7. The Balaban J connectivity index is 1.74. The van der Waals surface area contributed by atoms with Crippen molar-refractivity contribution in [3.8, 4) is 10.8 Å². The molecule has 1 amide bonds. The third-order valence-corrected chi connectivity index (χ3v) is 4.96. The summed E-state index contributed by atoms with van der Waals surface area (Å²) in [6.07, 6.45) is 1.51. The molecule has 2 atom stereocenters. The fourth-order valence-electron chi connectivity index (χ4n) is 2.78. The van der Waals surface area contributed by atoms with Crippen molar-refractivity contribution < 1.29 is 14.3 Å². The average Bonchev–Trinajstić information content (AvgIpc) is 3.15. The molecule has 2 aromatic rings. The van der Waals surface area contributed by atoms with Gasteiger partial charge in [-0.25, -0.2) is 4.98 Å². The molecule has 0 aliphatic carbocycles. The van der Waals surface area contributed by atoms with Gasteiger partial charge in [0.15, 0.2) is 10.8 Å². The maximum Gasteiger partial charge on any atom is 0.273 e. The van der Waals surface area contributed by atoms with Gasteiger partial charge in [0.1, 0.15) is 11.5 Å². The minimum absolute atomic E-state index is 0.0591. The molecule has 22 heavy (non-hydrogen) atoms. The maximum atomic E-state index is 12.6. The molecule has 1 fully saturated rings. The number of hydrogen-bond acceptors (Lipinski definition) is 5. The second-order valence-electron chi connectivity index (χ2n) is 5.84. The van der Waals surface area contributed by atoms with Crippen LogP contribution in [0.5, 0.6) is 0 Å². The summed E-state index contributed by atoms with van der Waals surface area (Å²) in [5.41, 5.74) is 0.459. The minimum Gasteiger partial charge on any atom is -0.459 e. The van der Waals surface area contributed by atoms with Crippen LogP contribution in [0, 0.1) is 12.8 Å². The standard InChI is InChI=1S/C16H20N2O3S/c1-10-5-6-14(21-10)15-17-13(9-22-15)16(20)18-7-3-4-12(8-18)11(2)19/h5-6,9,11-12,19H,3-4,7-8H2,1-2H3. The fourth-order valence-corrected chi connectivity index (χ4v) is 3.54. The lowest BCUT2D eigenvalue weighted by atomic mass is 9.93. The Morgan fingerprint density at radius 1 is 1.55 bits per heavy atom. The first-order valence-corrected chi connectivity index (χ1v) is 8.42.